The summed E-state index contributed by atoms with van der Waals surface area (Å²) in [7, 11) is 0. The van der Waals surface area contributed by atoms with Gasteiger partial charge in [-0.05, 0) is 91.0 Å². The average Bonchev–Trinajstić information content (AvgIpc) is 3.25. The Bertz CT molecular complexity index is 864. The Kier molecular flexibility index (Phi) is 2.09. The summed E-state index contributed by atoms with van der Waals surface area (Å²) in [6.07, 6.45) is 9.83. The quantitative estimate of drug-likeness (QED) is 0.819. The Balaban J connectivity index is 1.40. The Hall–Kier alpha value is -1.06. The third-order valence-electron chi connectivity index (χ3n) is 10.8. The number of nitrogens with one attached hydrogen (secondary N) is 1. The molecule has 7 fully saturated rings. The summed E-state index contributed by atoms with van der Waals surface area (Å²) in [6.45, 7) is 2.58. The molecule has 8 aliphatic rings. The molecule has 26 heavy (non-hydrogen) atoms. The van der Waals surface area contributed by atoms with Crippen molar-refractivity contribution in [3.8, 4) is 5.75 Å². The van der Waals surface area contributed by atoms with Gasteiger partial charge in [-0.2, -0.15) is 0 Å². The van der Waals surface area contributed by atoms with E-state index in [1.807, 2.05) is 6.07 Å². The second kappa shape index (κ2) is 3.89. The van der Waals surface area contributed by atoms with Gasteiger partial charge in [-0.25, -0.2) is 0 Å². The summed E-state index contributed by atoms with van der Waals surface area (Å²) in [5.41, 5.74) is 4.60. The molecule has 0 aromatic heterocycles. The number of phenolic OH excluding ortho intramolecular Hbond substituents is 1. The van der Waals surface area contributed by atoms with E-state index in [1.165, 1.54) is 58.0 Å². The number of hydrogen-bond donors (Lipinski definition) is 2. The molecule has 0 amide bonds. The van der Waals surface area contributed by atoms with Gasteiger partial charge in [-0.3, -0.25) is 4.90 Å². The van der Waals surface area contributed by atoms with Crippen LogP contribution in [-0.4, -0.2) is 41.2 Å². The molecule has 3 heterocycles. The summed E-state index contributed by atoms with van der Waals surface area (Å²) in [6, 6.07) is 8.82. The third kappa shape index (κ3) is 1.11. The van der Waals surface area contributed by atoms with Gasteiger partial charge in [0.05, 0.1) is 0 Å². The average molecular weight is 348 g/mol. The van der Waals surface area contributed by atoms with Gasteiger partial charge in [0, 0.05) is 30.1 Å². The van der Waals surface area contributed by atoms with E-state index in [4.69, 9.17) is 0 Å². The molecule has 1 aromatic rings. The molecule has 136 valence electrons. The highest BCUT2D eigenvalue weighted by Gasteiger charge is 2.89. The molecule has 2 spiro atoms. The van der Waals surface area contributed by atoms with Crippen LogP contribution in [0.25, 0.3) is 0 Å². The Morgan fingerprint density at radius 3 is 3.00 bits per heavy atom. The van der Waals surface area contributed by atoms with Crippen molar-refractivity contribution < 1.29 is 5.11 Å². The second-order valence-electron chi connectivity index (χ2n) is 10.9. The van der Waals surface area contributed by atoms with E-state index in [9.17, 15) is 5.11 Å². The standard InChI is InChI=1S/C23H28N2O/c26-15-5-4-13-8-18-22-10-17-19-20(21(17,11-22)12-24-19)23(22,16(13)9-15)6-7-25(18)14-2-1-3-14/h4-5,9,14,17-20,24,26H,1-3,6-8,10-12H2. The maximum atomic E-state index is 10.4. The van der Waals surface area contributed by atoms with Gasteiger partial charge in [0.15, 0.2) is 0 Å². The zero-order chi connectivity index (χ0) is 16.9. The monoisotopic (exact) mass is 348 g/mol. The van der Waals surface area contributed by atoms with E-state index >= 15 is 0 Å². The van der Waals surface area contributed by atoms with Crippen LogP contribution >= 0.6 is 0 Å². The summed E-state index contributed by atoms with van der Waals surface area (Å²) in [5, 5.41) is 14.3. The number of rotatable bonds is 1. The van der Waals surface area contributed by atoms with Crippen molar-refractivity contribution in [1.29, 1.82) is 0 Å². The van der Waals surface area contributed by atoms with Crippen LogP contribution in [0.5, 0.6) is 5.75 Å². The molecule has 2 N–H and O–H groups in total. The minimum Gasteiger partial charge on any atom is -0.508 e. The lowest BCUT2D eigenvalue weighted by molar-refractivity contribution is -0.155. The molecule has 3 aliphatic heterocycles. The first-order valence-electron chi connectivity index (χ1n) is 11.0. The van der Waals surface area contributed by atoms with E-state index in [0.29, 0.717) is 22.0 Å². The topological polar surface area (TPSA) is 35.5 Å². The molecular weight excluding hydrogens is 320 g/mol. The van der Waals surface area contributed by atoms with Crippen LogP contribution in [-0.2, 0) is 11.8 Å². The summed E-state index contributed by atoms with van der Waals surface area (Å²) < 4.78 is 0. The SMILES string of the molecule is Oc1ccc2c(c1)C13CCN(C4CCC4)C(C2)C12CC1C4NCC1(C2)C43. The van der Waals surface area contributed by atoms with Gasteiger partial charge in [0.2, 0.25) is 0 Å². The number of nitrogens with zero attached hydrogens (tertiary/aromatic N) is 1. The number of aromatic hydroxyl groups is 1. The first kappa shape index (κ1) is 14.0. The van der Waals surface area contributed by atoms with E-state index in [0.717, 1.165) is 30.0 Å². The zero-order valence-electron chi connectivity index (χ0n) is 15.4. The molecule has 0 radical (unpaired) electrons. The molecule has 4 saturated carbocycles. The van der Waals surface area contributed by atoms with Crippen LogP contribution in [0.15, 0.2) is 18.2 Å². The minimum atomic E-state index is 0.354. The summed E-state index contributed by atoms with van der Waals surface area (Å²) in [4.78, 5) is 2.99. The van der Waals surface area contributed by atoms with Crippen LogP contribution in [0.2, 0.25) is 0 Å². The van der Waals surface area contributed by atoms with Gasteiger partial charge in [-0.15, -0.1) is 0 Å². The number of piperidine rings is 1. The van der Waals surface area contributed by atoms with Crippen molar-refractivity contribution in [2.45, 2.75) is 68.5 Å². The highest BCUT2D eigenvalue weighted by atomic mass is 16.3. The number of fused-ring (bicyclic) bond motifs is 2. The van der Waals surface area contributed by atoms with E-state index in [1.54, 1.807) is 11.1 Å². The minimum absolute atomic E-state index is 0.354. The smallest absolute Gasteiger partial charge is 0.115 e. The molecule has 9 rings (SSSR count). The van der Waals surface area contributed by atoms with Gasteiger partial charge in [0.25, 0.3) is 0 Å². The normalized spacial score (nSPS) is 55.2. The molecule has 3 saturated heterocycles. The fraction of sp³-hybridized carbons (Fsp3) is 0.739. The van der Waals surface area contributed by atoms with Crippen LogP contribution in [0, 0.1) is 22.7 Å². The summed E-state index contributed by atoms with van der Waals surface area (Å²) in [5.74, 6) is 2.30. The number of likely N-dealkylation sites (tertiary alicyclic amines) is 1. The molecule has 7 unspecified atom stereocenters. The predicted molar refractivity (Wildman–Crippen MR) is 99.1 cm³/mol. The predicted octanol–water partition coefficient (Wildman–Crippen LogP) is 2.81. The second-order valence-corrected chi connectivity index (χ2v) is 10.9. The number of phenols is 1. The van der Waals surface area contributed by atoms with Crippen molar-refractivity contribution >= 4 is 0 Å². The number of benzene rings is 1. The Labute approximate surface area is 155 Å². The maximum Gasteiger partial charge on any atom is 0.115 e. The van der Waals surface area contributed by atoms with E-state index < -0.39 is 0 Å². The van der Waals surface area contributed by atoms with Crippen LogP contribution < -0.4 is 5.32 Å². The van der Waals surface area contributed by atoms with Crippen molar-refractivity contribution in [2.24, 2.45) is 22.7 Å². The zero-order valence-corrected chi connectivity index (χ0v) is 15.4. The molecule has 1 aromatic carbocycles. The molecule has 3 nitrogen and oxygen atoms in total. The molecule has 3 heteroatoms. The molecular formula is C23H28N2O. The summed E-state index contributed by atoms with van der Waals surface area (Å²) >= 11 is 0. The Morgan fingerprint density at radius 1 is 1.23 bits per heavy atom. The molecule has 5 aliphatic carbocycles. The van der Waals surface area contributed by atoms with Crippen LogP contribution in [0.3, 0.4) is 0 Å². The van der Waals surface area contributed by atoms with Crippen molar-refractivity contribution in [2.75, 3.05) is 13.1 Å². The van der Waals surface area contributed by atoms with E-state index in [-0.39, 0.29) is 0 Å². The Morgan fingerprint density at radius 2 is 2.15 bits per heavy atom. The highest BCUT2D eigenvalue weighted by molar-refractivity contribution is 5.55. The maximum absolute atomic E-state index is 10.4. The third-order valence-corrected chi connectivity index (χ3v) is 10.8. The molecule has 7 atom stereocenters. The first-order valence-corrected chi connectivity index (χ1v) is 11.0. The van der Waals surface area contributed by atoms with Crippen molar-refractivity contribution in [3.63, 3.8) is 0 Å². The number of hydrogen-bond acceptors (Lipinski definition) is 3. The fourth-order valence-corrected chi connectivity index (χ4v) is 10.1. The lowest BCUT2D eigenvalue weighted by Crippen LogP contribution is -2.74. The van der Waals surface area contributed by atoms with Crippen LogP contribution in [0.1, 0.15) is 49.7 Å². The first-order chi connectivity index (χ1) is 12.7. The van der Waals surface area contributed by atoms with Crippen molar-refractivity contribution in [1.82, 2.24) is 10.2 Å². The lowest BCUT2D eigenvalue weighted by Gasteiger charge is -2.71. The van der Waals surface area contributed by atoms with Gasteiger partial charge in [-0.1, -0.05) is 12.5 Å². The van der Waals surface area contributed by atoms with Gasteiger partial charge < -0.3 is 10.4 Å². The van der Waals surface area contributed by atoms with Crippen LogP contribution in [0.4, 0.5) is 0 Å². The lowest BCUT2D eigenvalue weighted by atomic mass is 9.37. The molecule has 5 bridgehead atoms. The van der Waals surface area contributed by atoms with Crippen molar-refractivity contribution in [3.05, 3.63) is 29.3 Å². The van der Waals surface area contributed by atoms with Gasteiger partial charge >= 0.3 is 0 Å². The highest BCUT2D eigenvalue weighted by Crippen LogP contribution is 2.88. The van der Waals surface area contributed by atoms with Gasteiger partial charge in [0.1, 0.15) is 5.75 Å². The largest absolute Gasteiger partial charge is 0.508 e. The fourth-order valence-electron chi connectivity index (χ4n) is 10.1. The van der Waals surface area contributed by atoms with E-state index in [2.05, 4.69) is 22.3 Å².